The van der Waals surface area contributed by atoms with Crippen LogP contribution in [0.3, 0.4) is 0 Å². The first-order valence-electron chi connectivity index (χ1n) is 9.61. The molecule has 0 aliphatic carbocycles. The average molecular weight is 400 g/mol. The van der Waals surface area contributed by atoms with Gasteiger partial charge in [0.15, 0.2) is 0 Å². The zero-order valence-corrected chi connectivity index (χ0v) is 17.2. The molecule has 10 nitrogen and oxygen atoms in total. The number of esters is 1. The van der Waals surface area contributed by atoms with Crippen molar-refractivity contribution in [3.05, 3.63) is 0 Å². The van der Waals surface area contributed by atoms with Gasteiger partial charge >= 0.3 is 18.1 Å². The molecule has 0 aromatic carbocycles. The highest BCUT2D eigenvalue weighted by molar-refractivity contribution is 5.77. The molecular weight excluding hydrogens is 368 g/mol. The van der Waals surface area contributed by atoms with Gasteiger partial charge in [-0.3, -0.25) is 9.69 Å². The van der Waals surface area contributed by atoms with Crippen molar-refractivity contribution in [1.29, 1.82) is 0 Å². The third-order valence-corrected chi connectivity index (χ3v) is 4.62. The topological polar surface area (TPSA) is 101 Å². The number of urea groups is 1. The first-order valence-corrected chi connectivity index (χ1v) is 9.61. The lowest BCUT2D eigenvalue weighted by Gasteiger charge is -2.40. The van der Waals surface area contributed by atoms with E-state index in [1.807, 2.05) is 4.90 Å². The minimum absolute atomic E-state index is 0.00412. The lowest BCUT2D eigenvalue weighted by molar-refractivity contribution is -0.147. The van der Waals surface area contributed by atoms with E-state index >= 15 is 0 Å². The second-order valence-corrected chi connectivity index (χ2v) is 7.83. The van der Waals surface area contributed by atoms with Crippen molar-refractivity contribution in [3.63, 3.8) is 0 Å². The Morgan fingerprint density at radius 3 is 2.11 bits per heavy atom. The van der Waals surface area contributed by atoms with Gasteiger partial charge in [-0.25, -0.2) is 9.59 Å². The third-order valence-electron chi connectivity index (χ3n) is 4.62. The van der Waals surface area contributed by atoms with Crippen LogP contribution in [0.2, 0.25) is 0 Å². The first kappa shape index (κ1) is 22.2. The quantitative estimate of drug-likeness (QED) is 0.669. The maximum Gasteiger partial charge on any atom is 0.407 e. The largest absolute Gasteiger partial charge is 0.468 e. The summed E-state index contributed by atoms with van der Waals surface area (Å²) in [5.74, 6) is -0.427. The summed E-state index contributed by atoms with van der Waals surface area (Å²) in [6, 6.07) is -0.623. The van der Waals surface area contributed by atoms with E-state index in [1.54, 1.807) is 30.6 Å². The molecule has 1 atom stereocenters. The van der Waals surface area contributed by atoms with Gasteiger partial charge in [0.05, 0.1) is 20.3 Å². The summed E-state index contributed by atoms with van der Waals surface area (Å²) in [6.45, 7) is 9.79. The molecule has 2 aliphatic heterocycles. The van der Waals surface area contributed by atoms with E-state index in [9.17, 15) is 14.4 Å². The van der Waals surface area contributed by atoms with Gasteiger partial charge in [0, 0.05) is 45.8 Å². The summed E-state index contributed by atoms with van der Waals surface area (Å²) in [5.41, 5.74) is -0.615. The molecule has 1 N–H and O–H groups in total. The fraction of sp³-hybridized carbons (Fsp3) is 0.833. The number of methoxy groups -OCH3 is 1. The zero-order valence-electron chi connectivity index (χ0n) is 17.2. The van der Waals surface area contributed by atoms with Gasteiger partial charge in [-0.2, -0.15) is 0 Å². The van der Waals surface area contributed by atoms with Gasteiger partial charge < -0.3 is 29.3 Å². The molecule has 0 aromatic heterocycles. The number of alkyl carbamates (subject to hydrolysis) is 1. The fourth-order valence-electron chi connectivity index (χ4n) is 3.17. The number of morpholine rings is 1. The van der Waals surface area contributed by atoms with Gasteiger partial charge in [-0.15, -0.1) is 0 Å². The molecule has 2 saturated heterocycles. The van der Waals surface area contributed by atoms with Crippen LogP contribution in [-0.2, 0) is 19.0 Å². The number of ether oxygens (including phenoxy) is 3. The van der Waals surface area contributed by atoms with Crippen molar-refractivity contribution in [2.45, 2.75) is 32.4 Å². The normalized spacial score (nSPS) is 19.7. The Morgan fingerprint density at radius 2 is 1.57 bits per heavy atom. The zero-order chi connectivity index (χ0) is 20.7. The minimum Gasteiger partial charge on any atom is -0.468 e. The Morgan fingerprint density at radius 1 is 1.00 bits per heavy atom. The number of hydrogen-bond donors (Lipinski definition) is 1. The SMILES string of the molecule is COC(=O)[C@@H](CNC(=O)OC(C)(C)C)N1CCN(C(=O)N2CCOCC2)CC1. The predicted octanol–water partition coefficient (Wildman–Crippen LogP) is 0.123. The van der Waals surface area contributed by atoms with Crippen molar-refractivity contribution in [1.82, 2.24) is 20.0 Å². The van der Waals surface area contributed by atoms with Crippen molar-refractivity contribution in [2.24, 2.45) is 0 Å². The fourth-order valence-corrected chi connectivity index (χ4v) is 3.17. The molecule has 2 heterocycles. The number of hydrogen-bond acceptors (Lipinski definition) is 7. The molecule has 10 heteroatoms. The molecule has 0 radical (unpaired) electrons. The number of piperazine rings is 1. The van der Waals surface area contributed by atoms with Crippen LogP contribution in [0.15, 0.2) is 0 Å². The van der Waals surface area contributed by atoms with Crippen LogP contribution in [0.1, 0.15) is 20.8 Å². The summed E-state index contributed by atoms with van der Waals surface area (Å²) < 4.78 is 15.4. The van der Waals surface area contributed by atoms with E-state index in [0.29, 0.717) is 52.5 Å². The Balaban J connectivity index is 1.87. The van der Waals surface area contributed by atoms with E-state index in [4.69, 9.17) is 14.2 Å². The number of rotatable bonds is 4. The van der Waals surface area contributed by atoms with E-state index in [0.717, 1.165) is 0 Å². The highest BCUT2D eigenvalue weighted by Crippen LogP contribution is 2.12. The monoisotopic (exact) mass is 400 g/mol. The van der Waals surface area contributed by atoms with Crippen LogP contribution in [0, 0.1) is 0 Å². The Bertz CT molecular complexity index is 551. The summed E-state index contributed by atoms with van der Waals surface area (Å²) in [4.78, 5) is 42.2. The van der Waals surface area contributed by atoms with Crippen molar-refractivity contribution < 1.29 is 28.6 Å². The number of carbonyl (C=O) groups is 3. The van der Waals surface area contributed by atoms with Crippen molar-refractivity contribution in [3.8, 4) is 0 Å². The molecule has 2 aliphatic rings. The number of nitrogens with one attached hydrogen (secondary N) is 1. The van der Waals surface area contributed by atoms with Crippen LogP contribution in [0.5, 0.6) is 0 Å². The van der Waals surface area contributed by atoms with Crippen LogP contribution in [-0.4, -0.2) is 111 Å². The Kier molecular flexibility index (Phi) is 7.88. The maximum atomic E-state index is 12.6. The van der Waals surface area contributed by atoms with E-state index in [2.05, 4.69) is 5.32 Å². The van der Waals surface area contributed by atoms with Gasteiger partial charge in [0.2, 0.25) is 0 Å². The predicted molar refractivity (Wildman–Crippen MR) is 101 cm³/mol. The smallest absolute Gasteiger partial charge is 0.407 e. The first-order chi connectivity index (χ1) is 13.2. The van der Waals surface area contributed by atoms with E-state index in [1.165, 1.54) is 7.11 Å². The number of nitrogens with zero attached hydrogens (tertiary/aromatic N) is 3. The van der Waals surface area contributed by atoms with Crippen LogP contribution in [0.4, 0.5) is 9.59 Å². The summed E-state index contributed by atoms with van der Waals surface area (Å²) >= 11 is 0. The molecule has 3 amide bonds. The van der Waals surface area contributed by atoms with Crippen LogP contribution < -0.4 is 5.32 Å². The third kappa shape index (κ3) is 6.52. The van der Waals surface area contributed by atoms with Crippen molar-refractivity contribution in [2.75, 3.05) is 66.1 Å². The molecular formula is C18H32N4O6. The molecule has 2 fully saturated rings. The standard InChI is InChI=1S/C18H32N4O6/c1-18(2,3)28-16(24)19-13-14(15(23)26-4)20-5-7-21(8-6-20)17(25)22-9-11-27-12-10-22/h14H,5-13H2,1-4H3,(H,19,24)/t14-/m1/s1. The van der Waals surface area contributed by atoms with Gasteiger partial charge in [0.25, 0.3) is 0 Å². The van der Waals surface area contributed by atoms with Crippen LogP contribution in [0.25, 0.3) is 0 Å². The van der Waals surface area contributed by atoms with Crippen molar-refractivity contribution >= 4 is 18.1 Å². The Labute approximate surface area is 166 Å². The Hall–Kier alpha value is -2.07. The average Bonchev–Trinajstić information content (AvgIpc) is 2.67. The summed E-state index contributed by atoms with van der Waals surface area (Å²) in [5, 5.41) is 2.63. The molecule has 2 rings (SSSR count). The lowest BCUT2D eigenvalue weighted by atomic mass is 10.2. The lowest BCUT2D eigenvalue weighted by Crippen LogP contribution is -2.59. The summed E-state index contributed by atoms with van der Waals surface area (Å²) in [7, 11) is 1.32. The number of carbonyl (C=O) groups excluding carboxylic acids is 3. The molecule has 0 saturated carbocycles. The number of amides is 3. The van der Waals surface area contributed by atoms with Gasteiger partial charge in [-0.05, 0) is 20.8 Å². The van der Waals surface area contributed by atoms with E-state index in [-0.39, 0.29) is 12.6 Å². The molecule has 160 valence electrons. The molecule has 0 bridgehead atoms. The molecule has 0 aromatic rings. The van der Waals surface area contributed by atoms with Crippen LogP contribution >= 0.6 is 0 Å². The maximum absolute atomic E-state index is 12.6. The van der Waals surface area contributed by atoms with Gasteiger partial charge in [0.1, 0.15) is 11.6 Å². The van der Waals surface area contributed by atoms with E-state index < -0.39 is 23.7 Å². The second-order valence-electron chi connectivity index (χ2n) is 7.83. The highest BCUT2D eigenvalue weighted by Gasteiger charge is 2.33. The molecule has 0 unspecified atom stereocenters. The summed E-state index contributed by atoms with van der Waals surface area (Å²) in [6.07, 6.45) is -0.581. The molecule has 28 heavy (non-hydrogen) atoms. The highest BCUT2D eigenvalue weighted by atomic mass is 16.6. The van der Waals surface area contributed by atoms with Gasteiger partial charge in [-0.1, -0.05) is 0 Å². The molecule has 0 spiro atoms. The minimum atomic E-state index is -0.627. The second kappa shape index (κ2) is 9.92.